The smallest absolute Gasteiger partial charge is 0.336 e. The van der Waals surface area contributed by atoms with Gasteiger partial charge in [0.05, 0.1) is 19.0 Å². The third kappa shape index (κ3) is 4.74. The van der Waals surface area contributed by atoms with Crippen molar-refractivity contribution < 1.29 is 19.4 Å². The van der Waals surface area contributed by atoms with Gasteiger partial charge in [-0.15, -0.1) is 11.8 Å². The van der Waals surface area contributed by atoms with Crippen LogP contribution in [0.1, 0.15) is 17.7 Å². The van der Waals surface area contributed by atoms with E-state index in [9.17, 15) is 9.90 Å². The molecule has 2 atom stereocenters. The highest BCUT2D eigenvalue weighted by atomic mass is 32.2. The van der Waals surface area contributed by atoms with Crippen molar-refractivity contribution >= 4 is 17.7 Å². The van der Waals surface area contributed by atoms with Gasteiger partial charge in [-0.05, 0) is 36.8 Å². The van der Waals surface area contributed by atoms with Crippen molar-refractivity contribution in [2.45, 2.75) is 23.2 Å². The van der Waals surface area contributed by atoms with E-state index in [-0.39, 0.29) is 6.61 Å². The number of hydrogen-bond donors (Lipinski definition) is 1. The van der Waals surface area contributed by atoms with E-state index in [0.29, 0.717) is 0 Å². The van der Waals surface area contributed by atoms with Crippen molar-refractivity contribution in [1.29, 1.82) is 0 Å². The molecule has 4 nitrogen and oxygen atoms in total. The summed E-state index contributed by atoms with van der Waals surface area (Å²) >= 11 is 1.43. The average Bonchev–Trinajstić information content (AvgIpc) is 2.60. The van der Waals surface area contributed by atoms with E-state index in [0.717, 1.165) is 16.2 Å². The molecule has 0 aliphatic carbocycles. The van der Waals surface area contributed by atoms with Gasteiger partial charge in [-0.25, -0.2) is 4.79 Å². The lowest BCUT2D eigenvalue weighted by Gasteiger charge is -2.22. The molecule has 2 rings (SSSR count). The summed E-state index contributed by atoms with van der Waals surface area (Å²) in [6.45, 7) is 1.96. The number of methoxy groups -OCH3 is 1. The monoisotopic (exact) mass is 332 g/mol. The summed E-state index contributed by atoms with van der Waals surface area (Å²) in [6, 6.07) is 17.0. The summed E-state index contributed by atoms with van der Waals surface area (Å²) in [5.74, 6) is 0.111. The number of carbonyl (C=O) groups excluding carboxylic acids is 1. The summed E-state index contributed by atoms with van der Waals surface area (Å²) in [4.78, 5) is 12.9. The standard InChI is InChI=1S/C18H20O4S/c1-3-22-18(20)16(19)17(23-15-7-5-4-6-8-15)13-9-11-14(21-2)12-10-13/h4-12,16-17,19H,3H2,1-2H3. The molecule has 0 radical (unpaired) electrons. The zero-order valence-electron chi connectivity index (χ0n) is 13.1. The molecule has 2 unspecified atom stereocenters. The first-order valence-electron chi connectivity index (χ1n) is 7.36. The number of ether oxygens (including phenoxy) is 2. The van der Waals surface area contributed by atoms with Crippen molar-refractivity contribution in [2.24, 2.45) is 0 Å². The van der Waals surface area contributed by atoms with Gasteiger partial charge in [0.2, 0.25) is 0 Å². The topological polar surface area (TPSA) is 55.8 Å². The third-order valence-corrected chi connectivity index (χ3v) is 4.59. The Morgan fingerprint density at radius 2 is 1.78 bits per heavy atom. The Hall–Kier alpha value is -1.98. The summed E-state index contributed by atoms with van der Waals surface area (Å²) < 4.78 is 10.1. The molecule has 5 heteroatoms. The van der Waals surface area contributed by atoms with Gasteiger partial charge in [-0.3, -0.25) is 0 Å². The first-order chi connectivity index (χ1) is 11.2. The fourth-order valence-corrected chi connectivity index (χ4v) is 3.25. The summed E-state index contributed by atoms with van der Waals surface area (Å²) in [6.07, 6.45) is -1.24. The fourth-order valence-electron chi connectivity index (χ4n) is 2.11. The van der Waals surface area contributed by atoms with Gasteiger partial charge >= 0.3 is 5.97 Å². The lowest BCUT2D eigenvalue weighted by atomic mass is 10.1. The van der Waals surface area contributed by atoms with Gasteiger partial charge in [-0.2, -0.15) is 0 Å². The third-order valence-electron chi connectivity index (χ3n) is 3.27. The van der Waals surface area contributed by atoms with Crippen LogP contribution in [0.3, 0.4) is 0 Å². The number of aliphatic hydroxyl groups excluding tert-OH is 1. The molecule has 2 aromatic carbocycles. The van der Waals surface area contributed by atoms with Crippen LogP contribution < -0.4 is 4.74 Å². The molecule has 0 bridgehead atoms. The van der Waals surface area contributed by atoms with Gasteiger partial charge < -0.3 is 14.6 Å². The largest absolute Gasteiger partial charge is 0.497 e. The highest BCUT2D eigenvalue weighted by molar-refractivity contribution is 7.99. The average molecular weight is 332 g/mol. The van der Waals surface area contributed by atoms with Crippen LogP contribution in [0, 0.1) is 0 Å². The lowest BCUT2D eigenvalue weighted by Crippen LogP contribution is -2.28. The Morgan fingerprint density at radius 1 is 1.13 bits per heavy atom. The van der Waals surface area contributed by atoms with E-state index in [1.165, 1.54) is 11.8 Å². The molecule has 0 saturated heterocycles. The summed E-state index contributed by atoms with van der Waals surface area (Å²) in [5, 5.41) is 9.97. The Kier molecular flexibility index (Phi) is 6.50. The fraction of sp³-hybridized carbons (Fsp3) is 0.278. The van der Waals surface area contributed by atoms with Crippen molar-refractivity contribution in [3.05, 3.63) is 60.2 Å². The Balaban J connectivity index is 2.27. The SMILES string of the molecule is CCOC(=O)C(O)C(Sc1ccccc1)c1ccc(OC)cc1. The first-order valence-corrected chi connectivity index (χ1v) is 8.24. The minimum absolute atomic E-state index is 0.237. The second-order valence-electron chi connectivity index (χ2n) is 4.82. The maximum atomic E-state index is 12.0. The number of benzene rings is 2. The zero-order valence-corrected chi connectivity index (χ0v) is 14.0. The van der Waals surface area contributed by atoms with Crippen LogP contribution in [0.15, 0.2) is 59.5 Å². The molecular formula is C18H20O4S. The maximum Gasteiger partial charge on any atom is 0.336 e. The van der Waals surface area contributed by atoms with E-state index in [1.807, 2.05) is 54.6 Å². The maximum absolute atomic E-state index is 12.0. The minimum atomic E-state index is -1.24. The molecule has 0 spiro atoms. The van der Waals surface area contributed by atoms with E-state index in [2.05, 4.69) is 0 Å². The van der Waals surface area contributed by atoms with Gasteiger partial charge in [0, 0.05) is 4.90 Å². The minimum Gasteiger partial charge on any atom is -0.497 e. The quantitative estimate of drug-likeness (QED) is 0.622. The molecule has 0 aliphatic rings. The molecule has 2 aromatic rings. The summed E-state index contributed by atoms with van der Waals surface area (Å²) in [7, 11) is 1.60. The normalized spacial score (nSPS) is 13.2. The van der Waals surface area contributed by atoms with Crippen LogP contribution in [0.25, 0.3) is 0 Å². The second-order valence-corrected chi connectivity index (χ2v) is 6.04. The molecule has 23 heavy (non-hydrogen) atoms. The van der Waals surface area contributed by atoms with Gasteiger partial charge in [-0.1, -0.05) is 30.3 Å². The molecule has 0 heterocycles. The van der Waals surface area contributed by atoms with Crippen molar-refractivity contribution in [3.8, 4) is 5.75 Å². The van der Waals surface area contributed by atoms with Crippen molar-refractivity contribution in [3.63, 3.8) is 0 Å². The predicted octanol–water partition coefficient (Wildman–Crippen LogP) is 3.45. The van der Waals surface area contributed by atoms with Crippen LogP contribution >= 0.6 is 11.8 Å². The van der Waals surface area contributed by atoms with E-state index < -0.39 is 17.3 Å². The van der Waals surface area contributed by atoms with E-state index in [4.69, 9.17) is 9.47 Å². The molecule has 0 aromatic heterocycles. The van der Waals surface area contributed by atoms with Crippen molar-refractivity contribution in [2.75, 3.05) is 13.7 Å². The molecule has 0 amide bonds. The van der Waals surface area contributed by atoms with Crippen LogP contribution in [0.4, 0.5) is 0 Å². The van der Waals surface area contributed by atoms with Crippen molar-refractivity contribution in [1.82, 2.24) is 0 Å². The zero-order chi connectivity index (χ0) is 16.7. The highest BCUT2D eigenvalue weighted by Gasteiger charge is 2.29. The van der Waals surface area contributed by atoms with Gasteiger partial charge in [0.25, 0.3) is 0 Å². The van der Waals surface area contributed by atoms with Crippen LogP contribution in [0.2, 0.25) is 0 Å². The lowest BCUT2D eigenvalue weighted by molar-refractivity contribution is -0.153. The van der Waals surface area contributed by atoms with Crippen LogP contribution in [0.5, 0.6) is 5.75 Å². The Labute approximate surface area is 140 Å². The number of carbonyl (C=O) groups is 1. The predicted molar refractivity (Wildman–Crippen MR) is 90.7 cm³/mol. The molecular weight excluding hydrogens is 312 g/mol. The second kappa shape index (κ2) is 8.60. The van der Waals surface area contributed by atoms with E-state index >= 15 is 0 Å². The molecule has 0 aliphatic heterocycles. The molecule has 0 saturated carbocycles. The van der Waals surface area contributed by atoms with Crippen LogP contribution in [-0.2, 0) is 9.53 Å². The van der Waals surface area contributed by atoms with Gasteiger partial charge in [0.1, 0.15) is 5.75 Å². The number of aliphatic hydroxyl groups is 1. The number of rotatable bonds is 7. The Bertz CT molecular complexity index is 613. The van der Waals surface area contributed by atoms with Crippen LogP contribution in [-0.4, -0.2) is 30.9 Å². The molecule has 122 valence electrons. The molecule has 1 N–H and O–H groups in total. The number of esters is 1. The number of hydrogen-bond acceptors (Lipinski definition) is 5. The highest BCUT2D eigenvalue weighted by Crippen LogP contribution is 2.38. The number of thioether (sulfide) groups is 1. The molecule has 0 fully saturated rings. The first kappa shape index (κ1) is 17.4. The van der Waals surface area contributed by atoms with E-state index in [1.54, 1.807) is 14.0 Å². The summed E-state index contributed by atoms with van der Waals surface area (Å²) in [5.41, 5.74) is 0.834. The van der Waals surface area contributed by atoms with Gasteiger partial charge in [0.15, 0.2) is 6.10 Å². The Morgan fingerprint density at radius 3 is 2.35 bits per heavy atom.